The second-order valence-corrected chi connectivity index (χ2v) is 7.00. The molecule has 0 aliphatic carbocycles. The number of methoxy groups -OCH3 is 2. The number of carbonyl (C=O) groups excluding carboxylic acids is 3. The number of nitrogens with zero attached hydrogens (tertiary/aromatic N) is 2. The quantitative estimate of drug-likeness (QED) is 0.392. The van der Waals surface area contributed by atoms with Crippen molar-refractivity contribution in [1.82, 2.24) is 9.97 Å². The van der Waals surface area contributed by atoms with Crippen LogP contribution in [-0.2, 0) is 20.9 Å². The molecule has 0 bridgehead atoms. The summed E-state index contributed by atoms with van der Waals surface area (Å²) >= 11 is 0. The lowest BCUT2D eigenvalue weighted by Crippen LogP contribution is -2.20. The Morgan fingerprint density at radius 2 is 1.69 bits per heavy atom. The average Bonchev–Trinajstić information content (AvgIpc) is 3.16. The number of hydrogen-bond donors (Lipinski definition) is 2. The van der Waals surface area contributed by atoms with Crippen LogP contribution in [0.5, 0.6) is 17.2 Å². The van der Waals surface area contributed by atoms with E-state index in [1.54, 1.807) is 13.8 Å². The van der Waals surface area contributed by atoms with Crippen LogP contribution >= 0.6 is 0 Å². The molecule has 1 amide bonds. The first-order valence-electron chi connectivity index (χ1n) is 10.3. The lowest BCUT2D eigenvalue weighted by molar-refractivity contribution is -0.120. The highest BCUT2D eigenvalue weighted by Crippen LogP contribution is 2.39. The van der Waals surface area contributed by atoms with Crippen molar-refractivity contribution >= 4 is 34.8 Å². The number of aromatic nitrogens is 2. The first-order valence-corrected chi connectivity index (χ1v) is 10.3. The van der Waals surface area contributed by atoms with E-state index < -0.39 is 24.5 Å². The normalized spacial score (nSPS) is 10.6. The van der Waals surface area contributed by atoms with E-state index in [1.165, 1.54) is 26.4 Å². The first-order chi connectivity index (χ1) is 16.7. The zero-order valence-corrected chi connectivity index (χ0v) is 19.5. The van der Waals surface area contributed by atoms with Crippen LogP contribution in [0.2, 0.25) is 0 Å². The molecule has 2 aromatic heterocycles. The molecule has 3 rings (SSSR count). The Bertz CT molecular complexity index is 1260. The maximum Gasteiger partial charge on any atom is 0.342 e. The van der Waals surface area contributed by atoms with Gasteiger partial charge in [-0.05, 0) is 26.0 Å². The maximum atomic E-state index is 12.7. The van der Waals surface area contributed by atoms with Gasteiger partial charge in [-0.1, -0.05) is 0 Å². The van der Waals surface area contributed by atoms with Gasteiger partial charge in [0, 0.05) is 0 Å². The Labute approximate surface area is 199 Å². The van der Waals surface area contributed by atoms with Crippen molar-refractivity contribution in [2.75, 3.05) is 33.2 Å². The molecule has 1 aromatic carbocycles. The third kappa shape index (κ3) is 5.34. The van der Waals surface area contributed by atoms with E-state index in [9.17, 15) is 14.4 Å². The van der Waals surface area contributed by atoms with Gasteiger partial charge in [-0.15, -0.1) is 0 Å². The smallest absolute Gasteiger partial charge is 0.342 e. The molecule has 0 spiro atoms. The van der Waals surface area contributed by atoms with Crippen LogP contribution in [0.15, 0.2) is 16.5 Å². The summed E-state index contributed by atoms with van der Waals surface area (Å²) < 4.78 is 31.7. The summed E-state index contributed by atoms with van der Waals surface area (Å²) in [6.07, 6.45) is 0. The Morgan fingerprint density at radius 1 is 1.03 bits per heavy atom. The maximum absolute atomic E-state index is 12.7. The number of primary amides is 1. The van der Waals surface area contributed by atoms with Crippen LogP contribution < -0.4 is 25.7 Å². The molecule has 35 heavy (non-hydrogen) atoms. The molecule has 3 aromatic rings. The number of aryl methyl sites for hydroxylation is 1. The third-order valence-corrected chi connectivity index (χ3v) is 4.67. The van der Waals surface area contributed by atoms with Gasteiger partial charge in [-0.25, -0.2) is 14.6 Å². The fraction of sp³-hybridized carbons (Fsp3) is 0.318. The minimum atomic E-state index is -0.756. The SMILES string of the molecule is CCOC(=O)c1c(C)oc2nc(COC(=O)c3cc(OC)c(OCC(N)=O)c(OC)c3)nc(N)c12. The Morgan fingerprint density at radius 3 is 2.26 bits per heavy atom. The molecular formula is C22H24N4O9. The Hall–Kier alpha value is -4.55. The van der Waals surface area contributed by atoms with E-state index in [0.717, 1.165) is 0 Å². The standard InChI is InChI=1S/C22H24N4O9/c1-5-32-22(29)16-10(2)35-20-17(16)19(24)25-15(26-20)9-34-21(28)11-6-12(30-3)18(13(7-11)31-4)33-8-14(23)27/h6-7H,5,8-9H2,1-4H3,(H2,23,27)(H2,24,25,26). The highest BCUT2D eigenvalue weighted by molar-refractivity contribution is 6.07. The summed E-state index contributed by atoms with van der Waals surface area (Å²) in [5.74, 6) is -1.43. The number of carbonyl (C=O) groups is 3. The molecule has 2 heterocycles. The van der Waals surface area contributed by atoms with Gasteiger partial charge in [0.1, 0.15) is 17.1 Å². The molecule has 4 N–H and O–H groups in total. The molecule has 0 aliphatic rings. The van der Waals surface area contributed by atoms with E-state index in [0.29, 0.717) is 0 Å². The van der Waals surface area contributed by atoms with Crippen molar-refractivity contribution in [3.05, 3.63) is 34.8 Å². The zero-order chi connectivity index (χ0) is 25.7. The van der Waals surface area contributed by atoms with Crippen LogP contribution in [0.1, 0.15) is 39.2 Å². The topological polar surface area (TPSA) is 188 Å². The second-order valence-electron chi connectivity index (χ2n) is 7.00. The first kappa shape index (κ1) is 25.1. The molecule has 13 heteroatoms. The summed E-state index contributed by atoms with van der Waals surface area (Å²) in [6.45, 7) is 2.66. The highest BCUT2D eigenvalue weighted by atomic mass is 16.5. The van der Waals surface area contributed by atoms with Gasteiger partial charge >= 0.3 is 11.9 Å². The summed E-state index contributed by atoms with van der Waals surface area (Å²) in [7, 11) is 2.70. The van der Waals surface area contributed by atoms with E-state index >= 15 is 0 Å². The van der Waals surface area contributed by atoms with Crippen molar-refractivity contribution in [3.8, 4) is 17.2 Å². The number of nitrogens with two attached hydrogens (primary N) is 2. The molecule has 0 fully saturated rings. The van der Waals surface area contributed by atoms with Gasteiger partial charge in [0.2, 0.25) is 11.5 Å². The van der Waals surface area contributed by atoms with E-state index in [1.807, 2.05) is 0 Å². The van der Waals surface area contributed by atoms with Gasteiger partial charge < -0.3 is 39.6 Å². The van der Waals surface area contributed by atoms with Gasteiger partial charge in [0.05, 0.1) is 31.8 Å². The van der Waals surface area contributed by atoms with Crippen LogP contribution in [0.3, 0.4) is 0 Å². The average molecular weight is 488 g/mol. The van der Waals surface area contributed by atoms with E-state index in [4.69, 9.17) is 39.6 Å². The van der Waals surface area contributed by atoms with Crippen LogP contribution in [0.4, 0.5) is 5.82 Å². The van der Waals surface area contributed by atoms with Crippen LogP contribution in [-0.4, -0.2) is 55.2 Å². The predicted octanol–water partition coefficient (Wildman–Crippen LogP) is 1.53. The third-order valence-electron chi connectivity index (χ3n) is 4.67. The number of hydrogen-bond acceptors (Lipinski definition) is 12. The lowest BCUT2D eigenvalue weighted by atomic mass is 10.2. The number of amides is 1. The molecule has 0 atom stereocenters. The molecule has 0 unspecified atom stereocenters. The molecule has 0 saturated heterocycles. The Kier molecular flexibility index (Phi) is 7.59. The fourth-order valence-electron chi connectivity index (χ4n) is 3.19. The van der Waals surface area contributed by atoms with Crippen molar-refractivity contribution < 1.29 is 42.5 Å². The highest BCUT2D eigenvalue weighted by Gasteiger charge is 2.24. The second kappa shape index (κ2) is 10.6. The number of esters is 2. The number of anilines is 1. The number of nitrogen functional groups attached to an aromatic ring is 1. The minimum absolute atomic E-state index is 0.0276. The molecule has 0 aliphatic heterocycles. The summed E-state index contributed by atoms with van der Waals surface area (Å²) in [4.78, 5) is 44.3. The molecule has 13 nitrogen and oxygen atoms in total. The monoisotopic (exact) mass is 488 g/mol. The van der Waals surface area contributed by atoms with E-state index in [2.05, 4.69) is 9.97 Å². The predicted molar refractivity (Wildman–Crippen MR) is 120 cm³/mol. The summed E-state index contributed by atoms with van der Waals surface area (Å²) in [6, 6.07) is 2.70. The largest absolute Gasteiger partial charge is 0.493 e. The number of rotatable bonds is 10. The number of furan rings is 1. The van der Waals surface area contributed by atoms with Crippen molar-refractivity contribution in [2.45, 2.75) is 20.5 Å². The summed E-state index contributed by atoms with van der Waals surface area (Å²) in [5, 5.41) is 0.219. The van der Waals surface area contributed by atoms with Crippen LogP contribution in [0, 0.1) is 6.92 Å². The van der Waals surface area contributed by atoms with E-state index in [-0.39, 0.29) is 70.1 Å². The lowest BCUT2D eigenvalue weighted by Gasteiger charge is -2.15. The molecule has 186 valence electrons. The fourth-order valence-corrected chi connectivity index (χ4v) is 3.19. The zero-order valence-electron chi connectivity index (χ0n) is 19.5. The van der Waals surface area contributed by atoms with Crippen LogP contribution in [0.25, 0.3) is 11.1 Å². The molecule has 0 saturated carbocycles. The molecule has 0 radical (unpaired) electrons. The molecular weight excluding hydrogens is 464 g/mol. The van der Waals surface area contributed by atoms with Gasteiger partial charge in [0.25, 0.3) is 5.91 Å². The Balaban J connectivity index is 1.83. The number of fused-ring (bicyclic) bond motifs is 1. The summed E-state index contributed by atoms with van der Waals surface area (Å²) in [5.41, 5.74) is 11.4. The van der Waals surface area contributed by atoms with Gasteiger partial charge in [0.15, 0.2) is 30.5 Å². The van der Waals surface area contributed by atoms with Crippen molar-refractivity contribution in [3.63, 3.8) is 0 Å². The number of ether oxygens (including phenoxy) is 5. The van der Waals surface area contributed by atoms with Crippen molar-refractivity contribution in [1.29, 1.82) is 0 Å². The number of benzene rings is 1. The van der Waals surface area contributed by atoms with Crippen molar-refractivity contribution in [2.24, 2.45) is 5.73 Å². The minimum Gasteiger partial charge on any atom is -0.493 e. The van der Waals surface area contributed by atoms with Gasteiger partial charge in [-0.2, -0.15) is 4.98 Å². The van der Waals surface area contributed by atoms with Gasteiger partial charge in [-0.3, -0.25) is 4.79 Å².